The van der Waals surface area contributed by atoms with E-state index in [0.29, 0.717) is 11.3 Å². The van der Waals surface area contributed by atoms with Crippen molar-refractivity contribution < 1.29 is 22.7 Å². The molecule has 2 aliphatic rings. The van der Waals surface area contributed by atoms with Crippen LogP contribution in [0.15, 0.2) is 41.3 Å². The predicted molar refractivity (Wildman–Crippen MR) is 116 cm³/mol. The first-order valence-electron chi connectivity index (χ1n) is 9.84. The summed E-state index contributed by atoms with van der Waals surface area (Å²) < 4.78 is 33.3. The number of amides is 2. The van der Waals surface area contributed by atoms with Gasteiger partial charge in [-0.15, -0.1) is 0 Å². The summed E-state index contributed by atoms with van der Waals surface area (Å²) >= 11 is 6.25. The van der Waals surface area contributed by atoms with Gasteiger partial charge in [-0.3, -0.25) is 9.59 Å². The van der Waals surface area contributed by atoms with Crippen LogP contribution in [0.5, 0.6) is 5.75 Å². The number of anilines is 1. The molecule has 0 aromatic heterocycles. The van der Waals surface area contributed by atoms with Crippen LogP contribution in [-0.4, -0.2) is 61.7 Å². The second kappa shape index (κ2) is 8.14. The summed E-state index contributed by atoms with van der Waals surface area (Å²) in [7, 11) is -3.91. The molecule has 2 heterocycles. The maximum Gasteiger partial charge on any atom is 0.265 e. The van der Waals surface area contributed by atoms with Crippen LogP contribution in [0.2, 0.25) is 5.02 Å². The molecule has 0 unspecified atom stereocenters. The van der Waals surface area contributed by atoms with Crippen molar-refractivity contribution in [2.75, 3.05) is 31.5 Å². The minimum Gasteiger partial charge on any atom is -0.479 e. The van der Waals surface area contributed by atoms with E-state index in [1.165, 1.54) is 16.4 Å². The second-order valence-electron chi connectivity index (χ2n) is 7.54. The molecule has 2 aromatic rings. The molecular formula is C21H22ClN3O5S. The number of nitrogens with zero attached hydrogens (tertiary/aromatic N) is 2. The average Bonchev–Trinajstić information content (AvgIpc) is 2.74. The van der Waals surface area contributed by atoms with Gasteiger partial charge < -0.3 is 15.0 Å². The van der Waals surface area contributed by atoms with Gasteiger partial charge in [0.2, 0.25) is 10.0 Å². The molecule has 10 heteroatoms. The van der Waals surface area contributed by atoms with E-state index in [0.717, 1.165) is 5.56 Å². The van der Waals surface area contributed by atoms with Gasteiger partial charge in [0, 0.05) is 37.8 Å². The Labute approximate surface area is 185 Å². The normalized spacial score (nSPS) is 19.4. The maximum atomic E-state index is 13.2. The molecule has 164 valence electrons. The number of fused-ring (bicyclic) bond motifs is 1. The van der Waals surface area contributed by atoms with Crippen LogP contribution in [0.25, 0.3) is 0 Å². The Balaban J connectivity index is 1.52. The van der Waals surface area contributed by atoms with Crippen LogP contribution in [0.4, 0.5) is 5.69 Å². The lowest BCUT2D eigenvalue weighted by Crippen LogP contribution is -2.50. The van der Waals surface area contributed by atoms with Gasteiger partial charge in [0.15, 0.2) is 6.10 Å². The van der Waals surface area contributed by atoms with Crippen molar-refractivity contribution in [2.24, 2.45) is 0 Å². The summed E-state index contributed by atoms with van der Waals surface area (Å²) in [6.07, 6.45) is -0.736. The van der Waals surface area contributed by atoms with Gasteiger partial charge in [-0.25, -0.2) is 8.42 Å². The topological polar surface area (TPSA) is 96.0 Å². The number of carbonyl (C=O) groups is 2. The highest BCUT2D eigenvalue weighted by atomic mass is 35.5. The number of nitrogens with one attached hydrogen (secondary N) is 1. The van der Waals surface area contributed by atoms with Gasteiger partial charge in [0.1, 0.15) is 10.6 Å². The minimum atomic E-state index is -3.91. The molecule has 31 heavy (non-hydrogen) atoms. The lowest BCUT2D eigenvalue weighted by Gasteiger charge is -2.34. The lowest BCUT2D eigenvalue weighted by molar-refractivity contribution is -0.122. The van der Waals surface area contributed by atoms with Crippen molar-refractivity contribution in [3.05, 3.63) is 52.5 Å². The van der Waals surface area contributed by atoms with Crippen molar-refractivity contribution in [3.63, 3.8) is 0 Å². The Hall–Kier alpha value is -2.62. The number of hydrogen-bond acceptors (Lipinski definition) is 5. The van der Waals surface area contributed by atoms with E-state index >= 15 is 0 Å². The third-order valence-electron chi connectivity index (χ3n) is 5.48. The van der Waals surface area contributed by atoms with E-state index in [1.54, 1.807) is 17.9 Å². The van der Waals surface area contributed by atoms with Gasteiger partial charge >= 0.3 is 0 Å². The molecule has 1 saturated heterocycles. The highest BCUT2D eigenvalue weighted by Crippen LogP contribution is 2.38. The summed E-state index contributed by atoms with van der Waals surface area (Å²) in [5, 5.41) is 2.64. The summed E-state index contributed by atoms with van der Waals surface area (Å²) in [4.78, 5) is 26.1. The van der Waals surface area contributed by atoms with Gasteiger partial charge in [0.25, 0.3) is 11.8 Å². The van der Waals surface area contributed by atoms with Gasteiger partial charge in [-0.05, 0) is 31.5 Å². The van der Waals surface area contributed by atoms with Crippen LogP contribution >= 0.6 is 11.6 Å². The predicted octanol–water partition coefficient (Wildman–Crippen LogP) is 2.51. The molecule has 1 fully saturated rings. The Bertz CT molecular complexity index is 1160. The number of sulfonamides is 1. The fourth-order valence-electron chi connectivity index (χ4n) is 3.66. The molecule has 2 aliphatic heterocycles. The van der Waals surface area contributed by atoms with E-state index in [2.05, 4.69) is 5.32 Å². The minimum absolute atomic E-state index is 0.00406. The second-order valence-corrected chi connectivity index (χ2v) is 9.85. The average molecular weight is 464 g/mol. The Morgan fingerprint density at radius 1 is 1.16 bits per heavy atom. The first-order valence-corrected chi connectivity index (χ1v) is 11.7. The number of ether oxygens (including phenoxy) is 1. The zero-order valence-corrected chi connectivity index (χ0v) is 18.7. The molecule has 0 spiro atoms. The fourth-order valence-corrected chi connectivity index (χ4v) is 5.60. The van der Waals surface area contributed by atoms with Crippen LogP contribution in [0, 0.1) is 6.92 Å². The summed E-state index contributed by atoms with van der Waals surface area (Å²) in [5.41, 5.74) is 1.83. The first kappa shape index (κ1) is 21.6. The first-order chi connectivity index (χ1) is 14.7. The monoisotopic (exact) mass is 463 g/mol. The number of halogens is 1. The third-order valence-corrected chi connectivity index (χ3v) is 7.85. The molecule has 0 aliphatic carbocycles. The molecule has 1 N–H and O–H groups in total. The number of rotatable bonds is 3. The smallest absolute Gasteiger partial charge is 0.265 e. The number of piperazine rings is 1. The zero-order valence-electron chi connectivity index (χ0n) is 17.1. The van der Waals surface area contributed by atoms with Crippen LogP contribution < -0.4 is 10.1 Å². The van der Waals surface area contributed by atoms with E-state index in [1.807, 2.05) is 25.1 Å². The van der Waals surface area contributed by atoms with E-state index in [-0.39, 0.29) is 53.7 Å². The summed E-state index contributed by atoms with van der Waals surface area (Å²) in [6.45, 7) is 4.31. The number of aryl methyl sites for hydroxylation is 1. The molecule has 4 rings (SSSR count). The fraction of sp³-hybridized carbons (Fsp3) is 0.333. The molecule has 2 aromatic carbocycles. The third kappa shape index (κ3) is 4.00. The van der Waals surface area contributed by atoms with Crippen molar-refractivity contribution in [3.8, 4) is 5.75 Å². The van der Waals surface area contributed by atoms with Gasteiger partial charge in [-0.1, -0.05) is 29.8 Å². The number of hydrogen-bond donors (Lipinski definition) is 1. The molecule has 0 bridgehead atoms. The van der Waals surface area contributed by atoms with E-state index < -0.39 is 16.1 Å². The van der Waals surface area contributed by atoms with Crippen LogP contribution in [-0.2, 0) is 14.8 Å². The van der Waals surface area contributed by atoms with Crippen molar-refractivity contribution >= 4 is 39.1 Å². The molecule has 8 nitrogen and oxygen atoms in total. The summed E-state index contributed by atoms with van der Waals surface area (Å²) in [6, 6.07) is 10.0. The van der Waals surface area contributed by atoms with Crippen molar-refractivity contribution in [1.82, 2.24) is 9.21 Å². The van der Waals surface area contributed by atoms with E-state index in [4.69, 9.17) is 16.3 Å². The number of benzene rings is 2. The Morgan fingerprint density at radius 3 is 2.52 bits per heavy atom. The Kier molecular flexibility index (Phi) is 5.67. The quantitative estimate of drug-likeness (QED) is 0.754. The largest absolute Gasteiger partial charge is 0.479 e. The van der Waals surface area contributed by atoms with Crippen molar-refractivity contribution in [2.45, 2.75) is 24.8 Å². The van der Waals surface area contributed by atoms with Crippen LogP contribution in [0.3, 0.4) is 0 Å². The Morgan fingerprint density at radius 2 is 1.84 bits per heavy atom. The van der Waals surface area contributed by atoms with Gasteiger partial charge in [-0.2, -0.15) is 4.31 Å². The maximum absolute atomic E-state index is 13.2. The molecule has 2 amide bonds. The van der Waals surface area contributed by atoms with E-state index in [9.17, 15) is 18.0 Å². The molecule has 0 radical (unpaired) electrons. The lowest BCUT2D eigenvalue weighted by atomic mass is 10.1. The standard InChI is InChI=1S/C21H22ClN3O5S/c1-13-5-3-4-6-15(13)21(27)24-7-9-25(10-8-24)31(28,29)19-12-18-17(11-16(19)22)23-20(26)14(2)30-18/h3-6,11-12,14H,7-10H2,1-2H3,(H,23,26)/t14-/m0/s1. The molecule has 1 atom stereocenters. The van der Waals surface area contributed by atoms with Gasteiger partial charge in [0.05, 0.1) is 10.7 Å². The number of carbonyl (C=O) groups excluding carboxylic acids is 2. The highest BCUT2D eigenvalue weighted by Gasteiger charge is 2.34. The molecular weight excluding hydrogens is 442 g/mol. The summed E-state index contributed by atoms with van der Waals surface area (Å²) in [5.74, 6) is -0.183. The van der Waals surface area contributed by atoms with Crippen LogP contribution in [0.1, 0.15) is 22.8 Å². The molecule has 0 saturated carbocycles. The zero-order chi connectivity index (χ0) is 22.3. The highest BCUT2D eigenvalue weighted by molar-refractivity contribution is 7.89. The SMILES string of the molecule is Cc1ccccc1C(=O)N1CCN(S(=O)(=O)c2cc3c(cc2Cl)NC(=O)[C@H](C)O3)CC1. The van der Waals surface area contributed by atoms with Crippen molar-refractivity contribution in [1.29, 1.82) is 0 Å².